The third-order valence-electron chi connectivity index (χ3n) is 2.63. The second-order valence-electron chi connectivity index (χ2n) is 4.04. The molecule has 0 aliphatic rings. The number of benzene rings is 2. The lowest BCUT2D eigenvalue weighted by atomic mass is 10.1. The normalized spacial score (nSPS) is 9.90. The van der Waals surface area contributed by atoms with Crippen LogP contribution in [0.2, 0.25) is 0 Å². The minimum Gasteiger partial charge on any atom is -0.495 e. The summed E-state index contributed by atoms with van der Waals surface area (Å²) < 4.78 is 24.4. The molecule has 0 spiro atoms. The van der Waals surface area contributed by atoms with Crippen molar-refractivity contribution in [3.05, 3.63) is 57.8 Å². The van der Waals surface area contributed by atoms with Crippen molar-refractivity contribution in [2.45, 2.75) is 6.61 Å². The van der Waals surface area contributed by atoms with E-state index in [2.05, 4.69) is 22.0 Å². The van der Waals surface area contributed by atoms with Crippen LogP contribution in [0, 0.1) is 17.1 Å². The number of ether oxygens (including phenoxy) is 2. The van der Waals surface area contributed by atoms with Gasteiger partial charge in [0.25, 0.3) is 0 Å². The molecule has 2 aromatic rings. The fourth-order valence-electron chi connectivity index (χ4n) is 1.71. The molecule has 0 fully saturated rings. The van der Waals surface area contributed by atoms with Crippen molar-refractivity contribution >= 4 is 15.9 Å². The highest BCUT2D eigenvalue weighted by atomic mass is 79.9. The third kappa shape index (κ3) is 3.49. The summed E-state index contributed by atoms with van der Waals surface area (Å²) in [5, 5.41) is 9.01. The topological polar surface area (TPSA) is 42.2 Å². The third-order valence-corrected chi connectivity index (χ3v) is 3.08. The van der Waals surface area contributed by atoms with Gasteiger partial charge in [-0.3, -0.25) is 0 Å². The van der Waals surface area contributed by atoms with E-state index >= 15 is 0 Å². The Bertz CT molecular complexity index is 647. The van der Waals surface area contributed by atoms with Gasteiger partial charge in [-0.2, -0.15) is 5.26 Å². The van der Waals surface area contributed by atoms with E-state index in [0.717, 1.165) is 5.56 Å². The summed E-state index contributed by atoms with van der Waals surface area (Å²) in [7, 11) is 1.51. The molecule has 0 heterocycles. The molecule has 0 aliphatic heterocycles. The molecular weight excluding hydrogens is 325 g/mol. The van der Waals surface area contributed by atoms with Crippen molar-refractivity contribution in [2.24, 2.45) is 0 Å². The maximum atomic E-state index is 13.2. The number of hydrogen-bond donors (Lipinski definition) is 0. The molecule has 0 saturated heterocycles. The van der Waals surface area contributed by atoms with E-state index < -0.39 is 0 Å². The Morgan fingerprint density at radius 3 is 2.70 bits per heavy atom. The Kier molecular flexibility index (Phi) is 4.59. The maximum absolute atomic E-state index is 13.2. The summed E-state index contributed by atoms with van der Waals surface area (Å²) in [5.41, 5.74) is 1.25. The Labute approximate surface area is 124 Å². The van der Waals surface area contributed by atoms with Crippen LogP contribution in [-0.4, -0.2) is 7.11 Å². The molecule has 0 N–H and O–H groups in total. The zero-order chi connectivity index (χ0) is 14.5. The van der Waals surface area contributed by atoms with Crippen LogP contribution < -0.4 is 9.47 Å². The molecule has 0 atom stereocenters. The number of methoxy groups -OCH3 is 1. The highest BCUT2D eigenvalue weighted by Crippen LogP contribution is 2.23. The van der Waals surface area contributed by atoms with Gasteiger partial charge in [0.2, 0.25) is 0 Å². The first kappa shape index (κ1) is 14.4. The number of halogens is 2. The number of nitrogens with zero attached hydrogens (tertiary/aromatic N) is 1. The molecule has 2 rings (SSSR count). The second-order valence-corrected chi connectivity index (χ2v) is 4.96. The van der Waals surface area contributed by atoms with Crippen LogP contribution in [0.3, 0.4) is 0 Å². The molecule has 102 valence electrons. The van der Waals surface area contributed by atoms with Gasteiger partial charge < -0.3 is 9.47 Å². The molecule has 0 saturated carbocycles. The minimum atomic E-state index is -0.373. The van der Waals surface area contributed by atoms with Crippen LogP contribution in [-0.2, 0) is 6.61 Å². The lowest BCUT2D eigenvalue weighted by molar-refractivity contribution is 0.304. The van der Waals surface area contributed by atoms with Gasteiger partial charge in [-0.1, -0.05) is 22.0 Å². The van der Waals surface area contributed by atoms with E-state index in [4.69, 9.17) is 14.7 Å². The molecule has 2 aromatic carbocycles. The fraction of sp³-hybridized carbons (Fsp3) is 0.133. The average molecular weight is 336 g/mol. The second kappa shape index (κ2) is 6.40. The lowest BCUT2D eigenvalue weighted by Crippen LogP contribution is -1.97. The van der Waals surface area contributed by atoms with E-state index in [9.17, 15) is 4.39 Å². The van der Waals surface area contributed by atoms with Gasteiger partial charge in [-0.05, 0) is 29.8 Å². The van der Waals surface area contributed by atoms with Gasteiger partial charge in [0.15, 0.2) is 0 Å². The van der Waals surface area contributed by atoms with Crippen molar-refractivity contribution in [3.63, 3.8) is 0 Å². The minimum absolute atomic E-state index is 0.245. The van der Waals surface area contributed by atoms with Crippen LogP contribution in [0.1, 0.15) is 11.1 Å². The van der Waals surface area contributed by atoms with Crippen LogP contribution in [0.15, 0.2) is 40.9 Å². The molecule has 5 heteroatoms. The summed E-state index contributed by atoms with van der Waals surface area (Å²) in [6.07, 6.45) is 0. The molecule has 0 bridgehead atoms. The van der Waals surface area contributed by atoms with Crippen LogP contribution in [0.5, 0.6) is 11.5 Å². The smallest absolute Gasteiger partial charge is 0.136 e. The van der Waals surface area contributed by atoms with Gasteiger partial charge in [0.1, 0.15) is 30.0 Å². The van der Waals surface area contributed by atoms with Crippen molar-refractivity contribution in [3.8, 4) is 17.6 Å². The number of rotatable bonds is 4. The maximum Gasteiger partial charge on any atom is 0.136 e. The number of nitriles is 1. The van der Waals surface area contributed by atoms with Gasteiger partial charge in [0, 0.05) is 10.5 Å². The molecule has 0 aromatic heterocycles. The molecule has 20 heavy (non-hydrogen) atoms. The predicted molar refractivity (Wildman–Crippen MR) is 76.1 cm³/mol. The van der Waals surface area contributed by atoms with E-state index in [-0.39, 0.29) is 12.4 Å². The van der Waals surface area contributed by atoms with Crippen LogP contribution in [0.25, 0.3) is 0 Å². The van der Waals surface area contributed by atoms with Crippen molar-refractivity contribution < 1.29 is 13.9 Å². The summed E-state index contributed by atoms with van der Waals surface area (Å²) >= 11 is 3.20. The average Bonchev–Trinajstić information content (AvgIpc) is 2.43. The molecule has 0 amide bonds. The summed E-state index contributed by atoms with van der Waals surface area (Å²) in [6.45, 7) is 0.245. The quantitative estimate of drug-likeness (QED) is 0.846. The Morgan fingerprint density at radius 1 is 1.25 bits per heavy atom. The first-order chi connectivity index (χ1) is 9.62. The van der Waals surface area contributed by atoms with E-state index in [0.29, 0.717) is 21.5 Å². The molecule has 0 aliphatic carbocycles. The van der Waals surface area contributed by atoms with Gasteiger partial charge in [-0.25, -0.2) is 4.39 Å². The summed E-state index contributed by atoms with van der Waals surface area (Å²) in [5.74, 6) is 0.567. The first-order valence-electron chi connectivity index (χ1n) is 5.78. The Balaban J connectivity index is 2.13. The van der Waals surface area contributed by atoms with Gasteiger partial charge >= 0.3 is 0 Å². The van der Waals surface area contributed by atoms with Gasteiger partial charge in [0.05, 0.1) is 12.7 Å². The van der Waals surface area contributed by atoms with Crippen LogP contribution in [0.4, 0.5) is 4.39 Å². The predicted octanol–water partition coefficient (Wildman–Crippen LogP) is 4.05. The highest BCUT2D eigenvalue weighted by Gasteiger charge is 2.05. The van der Waals surface area contributed by atoms with E-state index in [1.165, 1.54) is 19.2 Å². The van der Waals surface area contributed by atoms with E-state index in [1.807, 2.05) is 0 Å². The zero-order valence-corrected chi connectivity index (χ0v) is 12.3. The molecule has 0 unspecified atom stereocenters. The standard InChI is InChI=1S/C15H11BrFNO2/c1-19-15-3-2-10(4-11(15)8-18)9-20-14-6-12(16)5-13(17)7-14/h2-7H,9H2,1H3. The summed E-state index contributed by atoms with van der Waals surface area (Å²) in [6, 6.07) is 11.6. The lowest BCUT2D eigenvalue weighted by Gasteiger charge is -2.09. The van der Waals surface area contributed by atoms with Gasteiger partial charge in [-0.15, -0.1) is 0 Å². The van der Waals surface area contributed by atoms with Crippen molar-refractivity contribution in [1.29, 1.82) is 5.26 Å². The fourth-order valence-corrected chi connectivity index (χ4v) is 2.16. The summed E-state index contributed by atoms with van der Waals surface area (Å²) in [4.78, 5) is 0. The Morgan fingerprint density at radius 2 is 2.05 bits per heavy atom. The van der Waals surface area contributed by atoms with Crippen LogP contribution >= 0.6 is 15.9 Å². The van der Waals surface area contributed by atoms with Crippen molar-refractivity contribution in [2.75, 3.05) is 7.11 Å². The first-order valence-corrected chi connectivity index (χ1v) is 6.57. The Hall–Kier alpha value is -2.06. The largest absolute Gasteiger partial charge is 0.495 e. The monoisotopic (exact) mass is 335 g/mol. The molecule has 3 nitrogen and oxygen atoms in total. The molecular formula is C15H11BrFNO2. The number of hydrogen-bond acceptors (Lipinski definition) is 3. The SMILES string of the molecule is COc1ccc(COc2cc(F)cc(Br)c2)cc1C#N. The molecule has 0 radical (unpaired) electrons. The van der Waals surface area contributed by atoms with Crippen molar-refractivity contribution in [1.82, 2.24) is 0 Å². The zero-order valence-electron chi connectivity index (χ0n) is 10.7. The van der Waals surface area contributed by atoms with E-state index in [1.54, 1.807) is 24.3 Å². The highest BCUT2D eigenvalue weighted by molar-refractivity contribution is 9.10.